The number of rotatable bonds is 2. The second-order valence-electron chi connectivity index (χ2n) is 4.05. The van der Waals surface area contributed by atoms with E-state index < -0.39 is 0 Å². The number of amides is 1. The maximum Gasteiger partial charge on any atom is 0.252 e. The molecule has 0 unspecified atom stereocenters. The van der Waals surface area contributed by atoms with Crippen LogP contribution in [-0.4, -0.2) is 11.9 Å². The zero-order chi connectivity index (χ0) is 11.5. The summed E-state index contributed by atoms with van der Waals surface area (Å²) in [5.74, 6) is 0.00396. The number of halogens is 1. The molecule has 0 aromatic heterocycles. The lowest BCUT2D eigenvalue weighted by Crippen LogP contribution is -2.33. The molecule has 1 N–H and O–H groups in total. The van der Waals surface area contributed by atoms with Crippen LogP contribution in [0, 0.1) is 6.92 Å². The number of benzene rings is 1. The lowest BCUT2D eigenvalue weighted by molar-refractivity contribution is 0.0938. The van der Waals surface area contributed by atoms with Gasteiger partial charge in [0.1, 0.15) is 0 Å². The van der Waals surface area contributed by atoms with Gasteiger partial charge in [0.25, 0.3) is 5.91 Å². The molecule has 84 valence electrons. The van der Waals surface area contributed by atoms with E-state index in [-0.39, 0.29) is 11.9 Å². The largest absolute Gasteiger partial charge is 0.349 e. The Bertz CT molecular complexity index is 432. The quantitative estimate of drug-likeness (QED) is 0.828. The summed E-state index contributed by atoms with van der Waals surface area (Å²) in [4.78, 5) is 12.0. The Hall–Kier alpha value is -1.09. The van der Waals surface area contributed by atoms with Crippen LogP contribution in [0.25, 0.3) is 0 Å². The first-order chi connectivity index (χ1) is 7.68. The number of aryl methyl sites for hydroxylation is 1. The van der Waals surface area contributed by atoms with Crippen molar-refractivity contribution in [1.29, 1.82) is 0 Å². The van der Waals surface area contributed by atoms with E-state index in [1.54, 1.807) is 0 Å². The summed E-state index contributed by atoms with van der Waals surface area (Å²) >= 11 is 3.45. The molecule has 2 nitrogen and oxygen atoms in total. The molecule has 1 aliphatic carbocycles. The van der Waals surface area contributed by atoms with Crippen molar-refractivity contribution in [2.75, 3.05) is 0 Å². The van der Waals surface area contributed by atoms with Crippen LogP contribution in [0.4, 0.5) is 0 Å². The molecule has 0 saturated carbocycles. The molecule has 0 saturated heterocycles. The molecule has 0 aliphatic heterocycles. The first-order valence-corrected chi connectivity index (χ1v) is 6.19. The smallest absolute Gasteiger partial charge is 0.252 e. The average Bonchev–Trinajstić information content (AvgIpc) is 2.74. The minimum absolute atomic E-state index is 0.00396. The van der Waals surface area contributed by atoms with Gasteiger partial charge < -0.3 is 5.32 Å². The fourth-order valence-corrected chi connectivity index (χ4v) is 2.27. The van der Waals surface area contributed by atoms with Gasteiger partial charge in [-0.25, -0.2) is 0 Å². The van der Waals surface area contributed by atoms with E-state index in [0.29, 0.717) is 5.56 Å². The molecule has 1 aliphatic rings. The number of carbonyl (C=O) groups excluding carboxylic acids is 1. The number of hydrogen-bond donors (Lipinski definition) is 1. The molecule has 1 aromatic carbocycles. The standard InChI is InChI=1S/C13H14BrNO/c1-9-5-4-8-11(12(9)14)13(16)15-10-6-2-3-7-10/h2-5,8,10H,6-7H2,1H3,(H,15,16). The molecule has 2 rings (SSSR count). The van der Waals surface area contributed by atoms with Crippen LogP contribution in [0.2, 0.25) is 0 Å². The van der Waals surface area contributed by atoms with Gasteiger partial charge in [-0.2, -0.15) is 0 Å². The number of nitrogens with one attached hydrogen (secondary N) is 1. The highest BCUT2D eigenvalue weighted by molar-refractivity contribution is 9.10. The Morgan fingerprint density at radius 1 is 1.38 bits per heavy atom. The highest BCUT2D eigenvalue weighted by atomic mass is 79.9. The van der Waals surface area contributed by atoms with Gasteiger partial charge in [0.15, 0.2) is 0 Å². The van der Waals surface area contributed by atoms with E-state index in [4.69, 9.17) is 0 Å². The zero-order valence-corrected chi connectivity index (χ0v) is 10.8. The number of carbonyl (C=O) groups is 1. The predicted octanol–water partition coefficient (Wildman–Crippen LogP) is 3.21. The van der Waals surface area contributed by atoms with Gasteiger partial charge in [-0.1, -0.05) is 24.3 Å². The third kappa shape index (κ3) is 2.35. The average molecular weight is 280 g/mol. The maximum absolute atomic E-state index is 12.0. The van der Waals surface area contributed by atoms with Crippen molar-refractivity contribution in [3.63, 3.8) is 0 Å². The van der Waals surface area contributed by atoms with Crippen molar-refractivity contribution >= 4 is 21.8 Å². The van der Waals surface area contributed by atoms with Gasteiger partial charge in [0, 0.05) is 10.5 Å². The van der Waals surface area contributed by atoms with Gasteiger partial charge >= 0.3 is 0 Å². The summed E-state index contributed by atoms with van der Waals surface area (Å²) in [6.07, 6.45) is 6.09. The molecule has 0 spiro atoms. The summed E-state index contributed by atoms with van der Waals surface area (Å²) in [6.45, 7) is 1.98. The summed E-state index contributed by atoms with van der Waals surface area (Å²) in [6, 6.07) is 5.99. The normalized spacial score (nSPS) is 15.4. The fraction of sp³-hybridized carbons (Fsp3) is 0.308. The molecule has 0 heterocycles. The molecule has 0 bridgehead atoms. The first kappa shape index (κ1) is 11.4. The van der Waals surface area contributed by atoms with Gasteiger partial charge in [-0.15, -0.1) is 0 Å². The van der Waals surface area contributed by atoms with Gasteiger partial charge in [0.2, 0.25) is 0 Å². The number of hydrogen-bond acceptors (Lipinski definition) is 1. The lowest BCUT2D eigenvalue weighted by Gasteiger charge is -2.13. The predicted molar refractivity (Wildman–Crippen MR) is 68.5 cm³/mol. The van der Waals surface area contributed by atoms with Crippen LogP contribution in [0.15, 0.2) is 34.8 Å². The Labute approximate surface area is 104 Å². The van der Waals surface area contributed by atoms with Crippen LogP contribution in [0.5, 0.6) is 0 Å². The molecule has 1 aromatic rings. The van der Waals surface area contributed by atoms with Crippen LogP contribution in [-0.2, 0) is 0 Å². The van der Waals surface area contributed by atoms with Crippen LogP contribution < -0.4 is 5.32 Å². The topological polar surface area (TPSA) is 29.1 Å². The molecular formula is C13H14BrNO. The second kappa shape index (κ2) is 4.83. The van der Waals surface area contributed by atoms with Crippen LogP contribution >= 0.6 is 15.9 Å². The first-order valence-electron chi connectivity index (χ1n) is 5.39. The van der Waals surface area contributed by atoms with Gasteiger partial charge in [-0.3, -0.25) is 4.79 Å². The van der Waals surface area contributed by atoms with E-state index >= 15 is 0 Å². The minimum Gasteiger partial charge on any atom is -0.349 e. The van der Waals surface area contributed by atoms with E-state index in [9.17, 15) is 4.79 Å². The van der Waals surface area contributed by atoms with Crippen molar-refractivity contribution in [1.82, 2.24) is 5.32 Å². The monoisotopic (exact) mass is 279 g/mol. The Morgan fingerprint density at radius 2 is 2.06 bits per heavy atom. The zero-order valence-electron chi connectivity index (χ0n) is 9.16. The lowest BCUT2D eigenvalue weighted by atomic mass is 10.1. The maximum atomic E-state index is 12.0. The molecule has 0 fully saturated rings. The van der Waals surface area contributed by atoms with Crippen molar-refractivity contribution < 1.29 is 4.79 Å². The molecule has 16 heavy (non-hydrogen) atoms. The molecule has 0 atom stereocenters. The third-order valence-corrected chi connectivity index (χ3v) is 3.83. The van der Waals surface area contributed by atoms with Crippen LogP contribution in [0.1, 0.15) is 28.8 Å². The Balaban J connectivity index is 2.11. The highest BCUT2D eigenvalue weighted by Crippen LogP contribution is 2.21. The van der Waals surface area contributed by atoms with E-state index in [2.05, 4.69) is 33.4 Å². The fourth-order valence-electron chi connectivity index (χ4n) is 1.82. The van der Waals surface area contributed by atoms with E-state index in [1.165, 1.54) is 0 Å². The minimum atomic E-state index is 0.00396. The van der Waals surface area contributed by atoms with E-state index in [1.807, 2.05) is 25.1 Å². The second-order valence-corrected chi connectivity index (χ2v) is 4.84. The van der Waals surface area contributed by atoms with Crippen molar-refractivity contribution in [3.8, 4) is 0 Å². The third-order valence-electron chi connectivity index (χ3n) is 2.78. The Kier molecular flexibility index (Phi) is 3.44. The summed E-state index contributed by atoms with van der Waals surface area (Å²) in [7, 11) is 0. The van der Waals surface area contributed by atoms with Gasteiger partial charge in [-0.05, 0) is 47.3 Å². The Morgan fingerprint density at radius 3 is 2.75 bits per heavy atom. The van der Waals surface area contributed by atoms with Crippen molar-refractivity contribution in [2.24, 2.45) is 0 Å². The SMILES string of the molecule is Cc1cccc(C(=O)NC2CC=CC2)c1Br. The van der Waals surface area contributed by atoms with Crippen molar-refractivity contribution in [2.45, 2.75) is 25.8 Å². The molecular weight excluding hydrogens is 266 g/mol. The van der Waals surface area contributed by atoms with Crippen molar-refractivity contribution in [3.05, 3.63) is 46.0 Å². The summed E-state index contributed by atoms with van der Waals surface area (Å²) < 4.78 is 0.887. The molecule has 0 radical (unpaired) electrons. The van der Waals surface area contributed by atoms with E-state index in [0.717, 1.165) is 22.9 Å². The molecule has 3 heteroatoms. The summed E-state index contributed by atoms with van der Waals surface area (Å²) in [5.41, 5.74) is 1.80. The summed E-state index contributed by atoms with van der Waals surface area (Å²) in [5, 5.41) is 3.03. The highest BCUT2D eigenvalue weighted by Gasteiger charge is 2.16. The van der Waals surface area contributed by atoms with Crippen LogP contribution in [0.3, 0.4) is 0 Å². The molecule has 1 amide bonds. The van der Waals surface area contributed by atoms with Gasteiger partial charge in [0.05, 0.1) is 5.56 Å².